The summed E-state index contributed by atoms with van der Waals surface area (Å²) in [6, 6.07) is 17.4. The number of aromatic nitrogens is 2. The van der Waals surface area contributed by atoms with Crippen LogP contribution in [0.3, 0.4) is 0 Å². The second-order valence-electron chi connectivity index (χ2n) is 7.76. The van der Waals surface area contributed by atoms with Gasteiger partial charge in [-0.3, -0.25) is 4.79 Å². The molecule has 2 aromatic carbocycles. The maximum absolute atomic E-state index is 13.3. The molecule has 2 heterocycles. The van der Waals surface area contributed by atoms with Crippen molar-refractivity contribution in [1.82, 2.24) is 19.0 Å². The summed E-state index contributed by atoms with van der Waals surface area (Å²) in [5, 5.41) is 4.38. The Morgan fingerprint density at radius 3 is 2.45 bits per heavy atom. The summed E-state index contributed by atoms with van der Waals surface area (Å²) in [4.78, 5) is 15.1. The standard InChI is InChI=1S/C23H26N4O3S/c1-25(17-19-16-24-26(18-19)20-10-4-2-5-11-20)23(28)22-14-8-9-15-27(22)31(29,30)21-12-6-3-7-13-21/h2-7,10-13,16,18,22H,8-9,14-15,17H2,1H3. The SMILES string of the molecule is CN(Cc1cnn(-c2ccccc2)c1)C(=O)C1CCCCN1S(=O)(=O)c1ccccc1. The lowest BCUT2D eigenvalue weighted by Crippen LogP contribution is -2.51. The minimum absolute atomic E-state index is 0.188. The van der Waals surface area contributed by atoms with Gasteiger partial charge in [-0.15, -0.1) is 0 Å². The first-order valence-corrected chi connectivity index (χ1v) is 11.8. The van der Waals surface area contributed by atoms with Crippen LogP contribution in [0.25, 0.3) is 5.69 Å². The van der Waals surface area contributed by atoms with E-state index in [1.165, 1.54) is 4.31 Å². The number of benzene rings is 2. The zero-order valence-corrected chi connectivity index (χ0v) is 18.3. The monoisotopic (exact) mass is 438 g/mol. The van der Waals surface area contributed by atoms with Gasteiger partial charge in [-0.1, -0.05) is 42.8 Å². The molecule has 8 heteroatoms. The Morgan fingerprint density at radius 2 is 1.74 bits per heavy atom. The maximum Gasteiger partial charge on any atom is 0.243 e. The van der Waals surface area contributed by atoms with Gasteiger partial charge in [0.25, 0.3) is 0 Å². The summed E-state index contributed by atoms with van der Waals surface area (Å²) in [6.45, 7) is 0.717. The lowest BCUT2D eigenvalue weighted by Gasteiger charge is -2.35. The zero-order chi connectivity index (χ0) is 21.8. The molecular weight excluding hydrogens is 412 g/mol. The maximum atomic E-state index is 13.3. The van der Waals surface area contributed by atoms with E-state index in [1.807, 2.05) is 36.5 Å². The van der Waals surface area contributed by atoms with Gasteiger partial charge in [0.1, 0.15) is 6.04 Å². The van der Waals surface area contributed by atoms with E-state index in [9.17, 15) is 13.2 Å². The molecule has 0 spiro atoms. The average Bonchev–Trinajstić information content (AvgIpc) is 3.28. The first-order valence-electron chi connectivity index (χ1n) is 10.4. The fraction of sp³-hybridized carbons (Fsp3) is 0.304. The van der Waals surface area contributed by atoms with E-state index in [0.717, 1.165) is 24.1 Å². The third kappa shape index (κ3) is 4.55. The molecule has 1 unspecified atom stereocenters. The molecule has 1 aliphatic rings. The summed E-state index contributed by atoms with van der Waals surface area (Å²) < 4.78 is 29.5. The number of piperidine rings is 1. The highest BCUT2D eigenvalue weighted by molar-refractivity contribution is 7.89. The van der Waals surface area contributed by atoms with Gasteiger partial charge < -0.3 is 4.90 Å². The van der Waals surface area contributed by atoms with Crippen molar-refractivity contribution < 1.29 is 13.2 Å². The number of carbonyl (C=O) groups excluding carboxylic acids is 1. The second kappa shape index (κ2) is 9.03. The Morgan fingerprint density at radius 1 is 1.06 bits per heavy atom. The highest BCUT2D eigenvalue weighted by Crippen LogP contribution is 2.26. The number of likely N-dealkylation sites (N-methyl/N-ethyl adjacent to an activating group) is 1. The highest BCUT2D eigenvalue weighted by Gasteiger charge is 2.38. The van der Waals surface area contributed by atoms with Gasteiger partial charge in [-0.2, -0.15) is 9.40 Å². The van der Waals surface area contributed by atoms with Crippen LogP contribution in [-0.4, -0.2) is 52.9 Å². The van der Waals surface area contributed by atoms with Crippen molar-refractivity contribution in [2.45, 2.75) is 36.7 Å². The van der Waals surface area contributed by atoms with Crippen molar-refractivity contribution in [2.75, 3.05) is 13.6 Å². The molecule has 0 saturated carbocycles. The summed E-state index contributed by atoms with van der Waals surface area (Å²) in [5.41, 5.74) is 1.82. The van der Waals surface area contributed by atoms with E-state index in [-0.39, 0.29) is 10.8 Å². The van der Waals surface area contributed by atoms with E-state index < -0.39 is 16.1 Å². The fourth-order valence-electron chi connectivity index (χ4n) is 3.94. The quantitative estimate of drug-likeness (QED) is 0.593. The number of hydrogen-bond donors (Lipinski definition) is 0. The van der Waals surface area contributed by atoms with Crippen LogP contribution in [0.5, 0.6) is 0 Å². The molecule has 1 fully saturated rings. The smallest absolute Gasteiger partial charge is 0.243 e. The number of sulfonamides is 1. The summed E-state index contributed by atoms with van der Waals surface area (Å²) in [5.74, 6) is -0.188. The first kappa shape index (κ1) is 21.3. The van der Waals surface area contributed by atoms with Crippen LogP contribution < -0.4 is 0 Å². The molecule has 4 rings (SSSR count). The zero-order valence-electron chi connectivity index (χ0n) is 17.5. The molecule has 1 saturated heterocycles. The minimum atomic E-state index is -3.73. The van der Waals surface area contributed by atoms with Crippen molar-refractivity contribution in [1.29, 1.82) is 0 Å². The number of hydrogen-bond acceptors (Lipinski definition) is 4. The minimum Gasteiger partial charge on any atom is -0.340 e. The Labute approximate surface area is 183 Å². The summed E-state index contributed by atoms with van der Waals surface area (Å²) in [7, 11) is -2.01. The van der Waals surface area contributed by atoms with Gasteiger partial charge in [0.05, 0.1) is 16.8 Å². The molecule has 1 atom stereocenters. The molecule has 7 nitrogen and oxygen atoms in total. The first-order chi connectivity index (χ1) is 15.0. The third-order valence-corrected chi connectivity index (χ3v) is 7.46. The average molecular weight is 439 g/mol. The van der Waals surface area contributed by atoms with Crippen LogP contribution in [0, 0.1) is 0 Å². The molecule has 1 aromatic heterocycles. The molecule has 0 radical (unpaired) electrons. The Balaban J connectivity index is 1.50. The normalized spacial score (nSPS) is 17.4. The molecule has 0 aliphatic carbocycles. The van der Waals surface area contributed by atoms with E-state index in [1.54, 1.807) is 53.2 Å². The number of nitrogens with zero attached hydrogens (tertiary/aromatic N) is 4. The van der Waals surface area contributed by atoms with Crippen molar-refractivity contribution in [3.05, 3.63) is 78.6 Å². The van der Waals surface area contributed by atoms with Crippen LogP contribution in [0.1, 0.15) is 24.8 Å². The number of para-hydroxylation sites is 1. The van der Waals surface area contributed by atoms with Gasteiger partial charge in [-0.25, -0.2) is 13.1 Å². The number of rotatable bonds is 6. The van der Waals surface area contributed by atoms with E-state index >= 15 is 0 Å². The lowest BCUT2D eigenvalue weighted by molar-refractivity contribution is -0.135. The third-order valence-electron chi connectivity index (χ3n) is 5.54. The Hall–Kier alpha value is -2.97. The molecule has 0 bridgehead atoms. The predicted molar refractivity (Wildman–Crippen MR) is 118 cm³/mol. The van der Waals surface area contributed by atoms with E-state index in [2.05, 4.69) is 5.10 Å². The molecule has 0 N–H and O–H groups in total. The van der Waals surface area contributed by atoms with Gasteiger partial charge in [0, 0.05) is 31.9 Å². The van der Waals surface area contributed by atoms with Gasteiger partial charge in [0.15, 0.2) is 0 Å². The van der Waals surface area contributed by atoms with Gasteiger partial charge >= 0.3 is 0 Å². The predicted octanol–water partition coefficient (Wildman–Crippen LogP) is 3.07. The van der Waals surface area contributed by atoms with Gasteiger partial charge in [-0.05, 0) is 37.1 Å². The topological polar surface area (TPSA) is 75.5 Å². The van der Waals surface area contributed by atoms with E-state index in [4.69, 9.17) is 0 Å². The molecular formula is C23H26N4O3S. The Kier molecular flexibility index (Phi) is 6.20. The van der Waals surface area contributed by atoms with Crippen LogP contribution in [0.4, 0.5) is 0 Å². The highest BCUT2D eigenvalue weighted by atomic mass is 32.2. The van der Waals surface area contributed by atoms with Crippen LogP contribution in [0.2, 0.25) is 0 Å². The van der Waals surface area contributed by atoms with Crippen molar-refractivity contribution in [3.8, 4) is 5.69 Å². The largest absolute Gasteiger partial charge is 0.340 e. The number of amides is 1. The number of carbonyl (C=O) groups is 1. The molecule has 3 aromatic rings. The van der Waals surface area contributed by atoms with Crippen LogP contribution >= 0.6 is 0 Å². The molecule has 31 heavy (non-hydrogen) atoms. The van der Waals surface area contributed by atoms with Crippen molar-refractivity contribution in [3.63, 3.8) is 0 Å². The Bertz CT molecular complexity index is 1130. The van der Waals surface area contributed by atoms with Crippen molar-refractivity contribution >= 4 is 15.9 Å². The van der Waals surface area contributed by atoms with Crippen LogP contribution in [-0.2, 0) is 21.4 Å². The van der Waals surface area contributed by atoms with E-state index in [0.29, 0.717) is 19.5 Å². The summed E-state index contributed by atoms with van der Waals surface area (Å²) >= 11 is 0. The molecule has 1 aliphatic heterocycles. The molecule has 1 amide bonds. The van der Waals surface area contributed by atoms with Crippen molar-refractivity contribution in [2.24, 2.45) is 0 Å². The van der Waals surface area contributed by atoms with Gasteiger partial charge in [0.2, 0.25) is 15.9 Å². The molecule has 162 valence electrons. The second-order valence-corrected chi connectivity index (χ2v) is 9.65. The summed E-state index contributed by atoms with van der Waals surface area (Å²) in [6.07, 6.45) is 5.73. The van der Waals surface area contributed by atoms with Crippen LogP contribution in [0.15, 0.2) is 78.0 Å². The fourth-order valence-corrected chi connectivity index (χ4v) is 5.61. The lowest BCUT2D eigenvalue weighted by atomic mass is 10.0.